The summed E-state index contributed by atoms with van der Waals surface area (Å²) in [6.45, 7) is 3.94. The van der Waals surface area contributed by atoms with E-state index in [4.69, 9.17) is 5.73 Å². The largest absolute Gasteiger partial charge is 0.325 e. The summed E-state index contributed by atoms with van der Waals surface area (Å²) in [5.41, 5.74) is 5.85. The van der Waals surface area contributed by atoms with Gasteiger partial charge in [-0.3, -0.25) is 4.79 Å². The van der Waals surface area contributed by atoms with Gasteiger partial charge in [-0.25, -0.2) is 13.1 Å². The second-order valence-electron chi connectivity index (χ2n) is 4.56. The van der Waals surface area contributed by atoms with Crippen LogP contribution in [0, 0.1) is 0 Å². The van der Waals surface area contributed by atoms with Crippen LogP contribution in [0.4, 0.5) is 5.69 Å². The Kier molecular flexibility index (Phi) is 6.12. The fourth-order valence-electron chi connectivity index (χ4n) is 1.46. The first-order valence-electron chi connectivity index (χ1n) is 6.53. The van der Waals surface area contributed by atoms with Crippen LogP contribution in [0.3, 0.4) is 0 Å². The Bertz CT molecular complexity index is 556. The monoisotopic (exact) mass is 299 g/mol. The molecule has 20 heavy (non-hydrogen) atoms. The van der Waals surface area contributed by atoms with Crippen molar-refractivity contribution < 1.29 is 13.2 Å². The normalized spacial score (nSPS) is 12.9. The maximum atomic E-state index is 12.0. The topological polar surface area (TPSA) is 101 Å². The van der Waals surface area contributed by atoms with Crippen molar-refractivity contribution in [3.8, 4) is 0 Å². The molecule has 1 amide bonds. The van der Waals surface area contributed by atoms with Crippen molar-refractivity contribution >= 4 is 21.6 Å². The van der Waals surface area contributed by atoms with Crippen LogP contribution in [-0.2, 0) is 14.8 Å². The van der Waals surface area contributed by atoms with Crippen LogP contribution in [0.1, 0.15) is 26.7 Å². The summed E-state index contributed by atoms with van der Waals surface area (Å²) >= 11 is 0. The lowest BCUT2D eigenvalue weighted by Gasteiger charge is -2.10. The van der Waals surface area contributed by atoms with Gasteiger partial charge >= 0.3 is 0 Å². The third kappa shape index (κ3) is 4.92. The average Bonchev–Trinajstić information content (AvgIpc) is 2.39. The summed E-state index contributed by atoms with van der Waals surface area (Å²) in [5, 5.41) is 2.56. The molecule has 0 radical (unpaired) electrons. The van der Waals surface area contributed by atoms with Gasteiger partial charge in [0.15, 0.2) is 0 Å². The fourth-order valence-corrected chi connectivity index (χ4v) is 2.58. The Morgan fingerprint density at radius 1 is 1.40 bits per heavy atom. The van der Waals surface area contributed by atoms with Crippen molar-refractivity contribution in [2.75, 3.05) is 11.9 Å². The molecule has 1 aromatic rings. The molecule has 0 bridgehead atoms. The summed E-state index contributed by atoms with van der Waals surface area (Å²) < 4.78 is 26.6. The summed E-state index contributed by atoms with van der Waals surface area (Å²) in [5.74, 6) is -0.363. The smallest absolute Gasteiger partial charge is 0.240 e. The van der Waals surface area contributed by atoms with Crippen LogP contribution >= 0.6 is 0 Å². The van der Waals surface area contributed by atoms with Gasteiger partial charge in [0, 0.05) is 12.2 Å². The van der Waals surface area contributed by atoms with E-state index in [1.165, 1.54) is 12.1 Å². The zero-order chi connectivity index (χ0) is 15.2. The van der Waals surface area contributed by atoms with Gasteiger partial charge in [-0.05, 0) is 31.5 Å². The van der Waals surface area contributed by atoms with Crippen molar-refractivity contribution in [3.05, 3.63) is 24.3 Å². The quantitative estimate of drug-likeness (QED) is 0.655. The van der Waals surface area contributed by atoms with E-state index in [9.17, 15) is 13.2 Å². The molecule has 112 valence electrons. The van der Waals surface area contributed by atoms with E-state index >= 15 is 0 Å². The molecule has 0 aliphatic heterocycles. The zero-order valence-electron chi connectivity index (χ0n) is 11.7. The minimum absolute atomic E-state index is 0.121. The van der Waals surface area contributed by atoms with Crippen molar-refractivity contribution in [2.45, 2.75) is 37.6 Å². The number of unbranched alkanes of at least 4 members (excludes halogenated alkanes) is 1. The number of anilines is 1. The summed E-state index contributed by atoms with van der Waals surface area (Å²) in [6.07, 6.45) is 1.69. The molecule has 1 aromatic carbocycles. The van der Waals surface area contributed by atoms with E-state index in [-0.39, 0.29) is 10.8 Å². The first-order chi connectivity index (χ1) is 9.36. The fraction of sp³-hybridized carbons (Fsp3) is 0.462. The SMILES string of the molecule is CCCCNS(=O)(=O)c1cccc(NC(=O)[C@@H](C)N)c1. The van der Waals surface area contributed by atoms with Crippen LogP contribution in [-0.4, -0.2) is 26.9 Å². The van der Waals surface area contributed by atoms with Gasteiger partial charge in [0.05, 0.1) is 10.9 Å². The highest BCUT2D eigenvalue weighted by atomic mass is 32.2. The van der Waals surface area contributed by atoms with Crippen LogP contribution in [0.5, 0.6) is 0 Å². The molecule has 1 atom stereocenters. The Morgan fingerprint density at radius 2 is 2.10 bits per heavy atom. The highest BCUT2D eigenvalue weighted by Gasteiger charge is 2.14. The molecule has 0 heterocycles. The summed E-state index contributed by atoms with van der Waals surface area (Å²) in [7, 11) is -3.54. The van der Waals surface area contributed by atoms with E-state index in [2.05, 4.69) is 10.0 Å². The number of carbonyl (C=O) groups is 1. The van der Waals surface area contributed by atoms with Gasteiger partial charge < -0.3 is 11.1 Å². The molecular formula is C13H21N3O3S. The lowest BCUT2D eigenvalue weighted by atomic mass is 10.3. The second kappa shape index (κ2) is 7.37. The molecule has 0 aliphatic carbocycles. The number of hydrogen-bond donors (Lipinski definition) is 3. The molecule has 4 N–H and O–H groups in total. The van der Waals surface area contributed by atoms with E-state index in [1.54, 1.807) is 19.1 Å². The zero-order valence-corrected chi connectivity index (χ0v) is 12.5. The van der Waals surface area contributed by atoms with Crippen molar-refractivity contribution in [1.82, 2.24) is 4.72 Å². The second-order valence-corrected chi connectivity index (χ2v) is 6.32. The number of nitrogens with two attached hydrogens (primary N) is 1. The number of carbonyl (C=O) groups excluding carboxylic acids is 1. The lowest BCUT2D eigenvalue weighted by molar-refractivity contribution is -0.117. The van der Waals surface area contributed by atoms with E-state index in [0.29, 0.717) is 12.2 Å². The third-order valence-corrected chi connectivity index (χ3v) is 4.11. The molecule has 7 heteroatoms. The minimum Gasteiger partial charge on any atom is -0.325 e. The first kappa shape index (κ1) is 16.6. The van der Waals surface area contributed by atoms with Crippen LogP contribution < -0.4 is 15.8 Å². The number of hydrogen-bond acceptors (Lipinski definition) is 4. The number of nitrogens with one attached hydrogen (secondary N) is 2. The van der Waals surface area contributed by atoms with Gasteiger partial charge in [-0.2, -0.15) is 0 Å². The molecule has 0 saturated carbocycles. The predicted molar refractivity (Wildman–Crippen MR) is 78.8 cm³/mol. The van der Waals surface area contributed by atoms with Gasteiger partial charge in [0.25, 0.3) is 0 Å². The van der Waals surface area contributed by atoms with Crippen LogP contribution in [0.2, 0.25) is 0 Å². The number of amides is 1. The van der Waals surface area contributed by atoms with Crippen molar-refractivity contribution in [2.24, 2.45) is 5.73 Å². The van der Waals surface area contributed by atoms with E-state index < -0.39 is 16.1 Å². The Balaban J connectivity index is 2.84. The van der Waals surface area contributed by atoms with Gasteiger partial charge in [-0.15, -0.1) is 0 Å². The molecule has 0 saturated heterocycles. The molecule has 0 spiro atoms. The first-order valence-corrected chi connectivity index (χ1v) is 8.01. The Labute approximate surface area is 119 Å². The average molecular weight is 299 g/mol. The maximum Gasteiger partial charge on any atom is 0.240 e. The Hall–Kier alpha value is -1.44. The Morgan fingerprint density at radius 3 is 2.70 bits per heavy atom. The van der Waals surface area contributed by atoms with Gasteiger partial charge in [0.2, 0.25) is 15.9 Å². The van der Waals surface area contributed by atoms with Crippen LogP contribution in [0.15, 0.2) is 29.2 Å². The third-order valence-electron chi connectivity index (χ3n) is 2.65. The highest BCUT2D eigenvalue weighted by Crippen LogP contribution is 2.15. The predicted octanol–water partition coefficient (Wildman–Crippen LogP) is 1.05. The van der Waals surface area contributed by atoms with Gasteiger partial charge in [0.1, 0.15) is 0 Å². The van der Waals surface area contributed by atoms with Gasteiger partial charge in [-0.1, -0.05) is 19.4 Å². The molecule has 6 nitrogen and oxygen atoms in total. The highest BCUT2D eigenvalue weighted by molar-refractivity contribution is 7.89. The minimum atomic E-state index is -3.54. The van der Waals surface area contributed by atoms with E-state index in [0.717, 1.165) is 12.8 Å². The van der Waals surface area contributed by atoms with Crippen LogP contribution in [0.25, 0.3) is 0 Å². The molecule has 0 fully saturated rings. The van der Waals surface area contributed by atoms with E-state index in [1.807, 2.05) is 6.92 Å². The maximum absolute atomic E-state index is 12.0. The van der Waals surface area contributed by atoms with Crippen molar-refractivity contribution in [1.29, 1.82) is 0 Å². The molecule has 0 aromatic heterocycles. The molecule has 1 rings (SSSR count). The standard InChI is InChI=1S/C13H21N3O3S/c1-3-4-8-15-20(18,19)12-7-5-6-11(9-12)16-13(17)10(2)14/h5-7,9-10,15H,3-4,8,14H2,1-2H3,(H,16,17)/t10-/m1/s1. The number of rotatable bonds is 7. The molecule has 0 unspecified atom stereocenters. The molecular weight excluding hydrogens is 278 g/mol. The number of benzene rings is 1. The lowest BCUT2D eigenvalue weighted by Crippen LogP contribution is -2.32. The summed E-state index contributed by atoms with van der Waals surface area (Å²) in [6, 6.07) is 5.43. The van der Waals surface area contributed by atoms with Crippen molar-refractivity contribution in [3.63, 3.8) is 0 Å². The number of sulfonamides is 1. The molecule has 0 aliphatic rings. The summed E-state index contributed by atoms with van der Waals surface area (Å²) in [4.78, 5) is 11.6.